The first-order chi connectivity index (χ1) is 8.46. The molecule has 1 heterocycles. The van der Waals surface area contributed by atoms with Gasteiger partial charge in [0.2, 0.25) is 5.91 Å². The van der Waals surface area contributed by atoms with E-state index in [1.165, 1.54) is 0 Å². The van der Waals surface area contributed by atoms with Crippen molar-refractivity contribution in [1.29, 1.82) is 0 Å². The maximum atomic E-state index is 11.9. The van der Waals surface area contributed by atoms with Gasteiger partial charge in [0.25, 0.3) is 0 Å². The van der Waals surface area contributed by atoms with E-state index < -0.39 is 5.60 Å². The number of likely N-dealkylation sites (tertiary alicyclic amines) is 1. The fourth-order valence-electron chi connectivity index (χ4n) is 2.13. The predicted octanol–water partition coefficient (Wildman–Crippen LogP) is 1.69. The van der Waals surface area contributed by atoms with Crippen LogP contribution in [0.15, 0.2) is 24.3 Å². The lowest BCUT2D eigenvalue weighted by Gasteiger charge is -2.18. The molecule has 0 aliphatic carbocycles. The third-order valence-electron chi connectivity index (χ3n) is 3.05. The van der Waals surface area contributed by atoms with E-state index in [-0.39, 0.29) is 5.91 Å². The van der Waals surface area contributed by atoms with E-state index >= 15 is 0 Å². The zero-order valence-corrected chi connectivity index (χ0v) is 12.5. The number of hydrogen-bond acceptors (Lipinski definition) is 3. The predicted molar refractivity (Wildman–Crippen MR) is 79.5 cm³/mol. The second kappa shape index (κ2) is 5.54. The summed E-state index contributed by atoms with van der Waals surface area (Å²) in [5, 5.41) is 12.7. The molecule has 2 rings (SSSR count). The molecular formula is C13H17IN2O2. The average molecular weight is 360 g/mol. The first-order valence-electron chi connectivity index (χ1n) is 5.95. The number of carbonyl (C=O) groups excluding carboxylic acids is 1. The molecule has 1 aliphatic heterocycles. The summed E-state index contributed by atoms with van der Waals surface area (Å²) in [6.07, 6.45) is 0.725. The summed E-state index contributed by atoms with van der Waals surface area (Å²) >= 11 is 2.20. The SMILES string of the molecule is CC1(O)CCN(CC(=O)Nc2ccccc2I)C1. The Bertz CT molecular complexity index is 448. The van der Waals surface area contributed by atoms with Crippen LogP contribution in [0.4, 0.5) is 5.69 Å². The standard InChI is InChI=1S/C13H17IN2O2/c1-13(18)6-7-16(9-13)8-12(17)15-11-5-3-2-4-10(11)14/h2-5,18H,6-9H2,1H3,(H,15,17). The third-order valence-corrected chi connectivity index (χ3v) is 3.99. The van der Waals surface area contributed by atoms with Crippen molar-refractivity contribution in [3.63, 3.8) is 0 Å². The third kappa shape index (κ3) is 3.66. The molecule has 1 aromatic rings. The fourth-order valence-corrected chi connectivity index (χ4v) is 2.65. The molecule has 1 unspecified atom stereocenters. The van der Waals surface area contributed by atoms with E-state index in [1.54, 1.807) is 0 Å². The van der Waals surface area contributed by atoms with Gasteiger partial charge in [-0.25, -0.2) is 0 Å². The van der Waals surface area contributed by atoms with Crippen molar-refractivity contribution in [2.75, 3.05) is 25.0 Å². The quantitative estimate of drug-likeness (QED) is 0.807. The number of rotatable bonds is 3. The van der Waals surface area contributed by atoms with Crippen molar-refractivity contribution in [3.05, 3.63) is 27.8 Å². The van der Waals surface area contributed by atoms with Gasteiger partial charge in [-0.1, -0.05) is 12.1 Å². The normalized spacial score (nSPS) is 24.2. The summed E-state index contributed by atoms with van der Waals surface area (Å²) < 4.78 is 1.02. The molecule has 2 N–H and O–H groups in total. The average Bonchev–Trinajstić information content (AvgIpc) is 2.61. The number of anilines is 1. The van der Waals surface area contributed by atoms with Crippen molar-refractivity contribution >= 4 is 34.2 Å². The van der Waals surface area contributed by atoms with Crippen molar-refractivity contribution in [2.24, 2.45) is 0 Å². The molecule has 5 heteroatoms. The highest BCUT2D eigenvalue weighted by atomic mass is 127. The summed E-state index contributed by atoms with van der Waals surface area (Å²) in [6, 6.07) is 7.68. The fraction of sp³-hybridized carbons (Fsp3) is 0.462. The number of para-hydroxylation sites is 1. The second-order valence-electron chi connectivity index (χ2n) is 4.99. The molecule has 4 nitrogen and oxygen atoms in total. The van der Waals surface area contributed by atoms with Crippen LogP contribution in [0, 0.1) is 3.57 Å². The highest BCUT2D eigenvalue weighted by molar-refractivity contribution is 14.1. The molecule has 0 radical (unpaired) electrons. The smallest absolute Gasteiger partial charge is 0.238 e. The molecule has 98 valence electrons. The number of amides is 1. The molecule has 0 saturated carbocycles. The number of benzene rings is 1. The number of β-amino-alcohol motifs (C(OH)–C–C–N with tert-alkyl or cyclic N) is 1. The highest BCUT2D eigenvalue weighted by Gasteiger charge is 2.31. The van der Waals surface area contributed by atoms with E-state index in [4.69, 9.17) is 0 Å². The van der Waals surface area contributed by atoms with Crippen molar-refractivity contribution in [1.82, 2.24) is 4.90 Å². The van der Waals surface area contributed by atoms with E-state index in [0.717, 1.165) is 22.2 Å². The molecule has 0 aromatic heterocycles. The van der Waals surface area contributed by atoms with Gasteiger partial charge in [0, 0.05) is 16.7 Å². The van der Waals surface area contributed by atoms with Crippen LogP contribution >= 0.6 is 22.6 Å². The Balaban J connectivity index is 1.88. The lowest BCUT2D eigenvalue weighted by molar-refractivity contribution is -0.117. The Labute approximate surface area is 121 Å². The van der Waals surface area contributed by atoms with Crippen molar-refractivity contribution in [2.45, 2.75) is 18.9 Å². The van der Waals surface area contributed by atoms with Gasteiger partial charge in [0.05, 0.1) is 17.8 Å². The van der Waals surface area contributed by atoms with Crippen LogP contribution in [-0.2, 0) is 4.79 Å². The van der Waals surface area contributed by atoms with Crippen LogP contribution in [0.25, 0.3) is 0 Å². The van der Waals surface area contributed by atoms with Crippen LogP contribution < -0.4 is 5.32 Å². The van der Waals surface area contributed by atoms with Gasteiger partial charge in [-0.05, 0) is 48.1 Å². The number of aliphatic hydroxyl groups is 1. The minimum Gasteiger partial charge on any atom is -0.389 e. The molecule has 1 saturated heterocycles. The second-order valence-corrected chi connectivity index (χ2v) is 6.15. The van der Waals surface area contributed by atoms with Crippen molar-refractivity contribution < 1.29 is 9.90 Å². The first kappa shape index (κ1) is 13.8. The van der Waals surface area contributed by atoms with Crippen LogP contribution in [-0.4, -0.2) is 41.1 Å². The molecule has 1 aromatic carbocycles. The minimum absolute atomic E-state index is 0.0307. The summed E-state index contributed by atoms with van der Waals surface area (Å²) in [5.41, 5.74) is 0.190. The molecule has 0 spiro atoms. The largest absolute Gasteiger partial charge is 0.389 e. The first-order valence-corrected chi connectivity index (χ1v) is 7.03. The maximum Gasteiger partial charge on any atom is 0.238 e. The van der Waals surface area contributed by atoms with Gasteiger partial charge in [-0.15, -0.1) is 0 Å². The molecule has 0 bridgehead atoms. The molecule has 1 aliphatic rings. The van der Waals surface area contributed by atoms with Gasteiger partial charge in [-0.2, -0.15) is 0 Å². The Morgan fingerprint density at radius 1 is 1.56 bits per heavy atom. The monoisotopic (exact) mass is 360 g/mol. The molecular weight excluding hydrogens is 343 g/mol. The van der Waals surface area contributed by atoms with Gasteiger partial charge in [0.15, 0.2) is 0 Å². The Hall–Kier alpha value is -0.660. The van der Waals surface area contributed by atoms with Crippen LogP contribution in [0.1, 0.15) is 13.3 Å². The summed E-state index contributed by atoms with van der Waals surface area (Å²) in [7, 11) is 0. The zero-order valence-electron chi connectivity index (χ0n) is 10.3. The molecule has 1 fully saturated rings. The minimum atomic E-state index is -0.651. The highest BCUT2D eigenvalue weighted by Crippen LogP contribution is 2.20. The summed E-state index contributed by atoms with van der Waals surface area (Å²) in [5.74, 6) is -0.0307. The number of nitrogens with zero attached hydrogens (tertiary/aromatic N) is 1. The Morgan fingerprint density at radius 3 is 2.89 bits per heavy atom. The summed E-state index contributed by atoms with van der Waals surface area (Å²) in [6.45, 7) is 3.48. The van der Waals surface area contributed by atoms with Crippen LogP contribution in [0.2, 0.25) is 0 Å². The Morgan fingerprint density at radius 2 is 2.28 bits per heavy atom. The zero-order chi connectivity index (χ0) is 13.2. The molecule has 1 atom stereocenters. The van der Waals surface area contributed by atoms with Gasteiger partial charge < -0.3 is 10.4 Å². The topological polar surface area (TPSA) is 52.6 Å². The lowest BCUT2D eigenvalue weighted by atomic mass is 10.1. The lowest BCUT2D eigenvalue weighted by Crippen LogP contribution is -2.35. The summed E-state index contributed by atoms with van der Waals surface area (Å²) in [4.78, 5) is 13.9. The molecule has 18 heavy (non-hydrogen) atoms. The van der Waals surface area contributed by atoms with Gasteiger partial charge in [0.1, 0.15) is 0 Å². The number of carbonyl (C=O) groups is 1. The van der Waals surface area contributed by atoms with Crippen LogP contribution in [0.3, 0.4) is 0 Å². The van der Waals surface area contributed by atoms with Crippen LogP contribution in [0.5, 0.6) is 0 Å². The van der Waals surface area contributed by atoms with E-state index in [2.05, 4.69) is 27.9 Å². The van der Waals surface area contributed by atoms with E-state index in [1.807, 2.05) is 36.1 Å². The number of hydrogen-bond donors (Lipinski definition) is 2. The van der Waals surface area contributed by atoms with E-state index in [0.29, 0.717) is 13.1 Å². The maximum absolute atomic E-state index is 11.9. The van der Waals surface area contributed by atoms with Crippen molar-refractivity contribution in [3.8, 4) is 0 Å². The Kier molecular flexibility index (Phi) is 4.24. The number of halogens is 1. The van der Waals surface area contributed by atoms with Gasteiger partial charge >= 0.3 is 0 Å². The van der Waals surface area contributed by atoms with E-state index in [9.17, 15) is 9.90 Å². The molecule has 1 amide bonds. The number of nitrogens with one attached hydrogen (secondary N) is 1. The van der Waals surface area contributed by atoms with Gasteiger partial charge in [-0.3, -0.25) is 9.69 Å².